The van der Waals surface area contributed by atoms with Gasteiger partial charge in [0.2, 0.25) is 0 Å². The molecule has 5 nitrogen and oxygen atoms in total. The molecule has 3 saturated carbocycles. The summed E-state index contributed by atoms with van der Waals surface area (Å²) in [6.45, 7) is 7.58. The Morgan fingerprint density at radius 2 is 1.71 bits per heavy atom. The molecule has 4 aliphatic carbocycles. The van der Waals surface area contributed by atoms with Gasteiger partial charge in [-0.3, -0.25) is 9.59 Å². The summed E-state index contributed by atoms with van der Waals surface area (Å²) in [5, 5.41) is 11.2. The van der Waals surface area contributed by atoms with Gasteiger partial charge in [0, 0.05) is 25.7 Å². The SMILES string of the molecule is CC(=O)O[C@H]1CC[C@@]2(C)C(=C[C@@H](O)[C@H]3[C@@H]4CC[C@H](OC(C)=O)[C@@]4(C)CC[C@@H]32)C1. The Hall–Kier alpha value is -1.36. The van der Waals surface area contributed by atoms with Gasteiger partial charge in [0.05, 0.1) is 6.10 Å². The Morgan fingerprint density at radius 1 is 1.00 bits per heavy atom. The van der Waals surface area contributed by atoms with Gasteiger partial charge in [-0.15, -0.1) is 0 Å². The van der Waals surface area contributed by atoms with Crippen LogP contribution in [0.1, 0.15) is 72.6 Å². The topological polar surface area (TPSA) is 72.8 Å². The van der Waals surface area contributed by atoms with E-state index in [1.165, 1.54) is 19.4 Å². The van der Waals surface area contributed by atoms with Crippen LogP contribution in [0.25, 0.3) is 0 Å². The summed E-state index contributed by atoms with van der Waals surface area (Å²) in [4.78, 5) is 23.0. The lowest BCUT2D eigenvalue weighted by molar-refractivity contribution is -0.159. The molecule has 0 bridgehead atoms. The number of rotatable bonds is 2. The van der Waals surface area contributed by atoms with E-state index >= 15 is 0 Å². The fourth-order valence-electron chi connectivity index (χ4n) is 7.30. The number of hydrogen-bond donors (Lipinski definition) is 1. The number of fused-ring (bicyclic) bond motifs is 5. The molecule has 28 heavy (non-hydrogen) atoms. The first-order chi connectivity index (χ1) is 13.1. The molecule has 0 saturated heterocycles. The van der Waals surface area contributed by atoms with Crippen LogP contribution in [-0.4, -0.2) is 35.4 Å². The van der Waals surface area contributed by atoms with Crippen LogP contribution in [0.4, 0.5) is 0 Å². The van der Waals surface area contributed by atoms with Crippen molar-refractivity contribution in [1.82, 2.24) is 0 Å². The molecule has 4 rings (SSSR count). The van der Waals surface area contributed by atoms with Crippen LogP contribution >= 0.6 is 0 Å². The molecule has 0 aromatic carbocycles. The minimum atomic E-state index is -0.468. The molecule has 0 amide bonds. The molecule has 5 heteroatoms. The summed E-state index contributed by atoms with van der Waals surface area (Å²) in [7, 11) is 0. The third-order valence-electron chi connectivity index (χ3n) is 8.64. The quantitative estimate of drug-likeness (QED) is 0.574. The van der Waals surface area contributed by atoms with Crippen molar-refractivity contribution in [3.05, 3.63) is 11.6 Å². The Balaban J connectivity index is 1.61. The minimum Gasteiger partial charge on any atom is -0.462 e. The number of aliphatic hydroxyl groups excluding tert-OH is 1. The van der Waals surface area contributed by atoms with Crippen LogP contribution in [0.2, 0.25) is 0 Å². The van der Waals surface area contributed by atoms with Crippen molar-refractivity contribution in [3.8, 4) is 0 Å². The predicted octanol–water partition coefficient (Wildman–Crippen LogP) is 3.78. The first-order valence-corrected chi connectivity index (χ1v) is 10.9. The van der Waals surface area contributed by atoms with Gasteiger partial charge in [-0.1, -0.05) is 25.5 Å². The molecule has 0 aliphatic heterocycles. The molecule has 0 radical (unpaired) electrons. The summed E-state index contributed by atoms with van der Waals surface area (Å²) in [6.07, 6.45) is 8.17. The van der Waals surface area contributed by atoms with Gasteiger partial charge in [0.15, 0.2) is 0 Å². The van der Waals surface area contributed by atoms with Crippen LogP contribution in [0.5, 0.6) is 0 Å². The number of carbonyl (C=O) groups is 2. The lowest BCUT2D eigenvalue weighted by Crippen LogP contribution is -2.55. The normalized spacial score (nSPS) is 47.2. The van der Waals surface area contributed by atoms with Gasteiger partial charge in [-0.05, 0) is 61.7 Å². The average molecular weight is 391 g/mol. The average Bonchev–Trinajstić information content (AvgIpc) is 2.92. The molecule has 0 aromatic rings. The predicted molar refractivity (Wildman–Crippen MR) is 104 cm³/mol. The maximum atomic E-state index is 11.6. The second kappa shape index (κ2) is 6.86. The number of esters is 2. The summed E-state index contributed by atoms with van der Waals surface area (Å²) >= 11 is 0. The molecule has 3 fully saturated rings. The third-order valence-corrected chi connectivity index (χ3v) is 8.64. The van der Waals surface area contributed by atoms with Crippen LogP contribution in [-0.2, 0) is 19.1 Å². The van der Waals surface area contributed by atoms with Gasteiger partial charge < -0.3 is 14.6 Å². The first-order valence-electron chi connectivity index (χ1n) is 10.9. The van der Waals surface area contributed by atoms with Crippen molar-refractivity contribution < 1.29 is 24.2 Å². The molecule has 1 N–H and O–H groups in total. The maximum Gasteiger partial charge on any atom is 0.302 e. The summed E-state index contributed by atoms with van der Waals surface area (Å²) in [6, 6.07) is 0. The van der Waals surface area contributed by atoms with Gasteiger partial charge in [-0.25, -0.2) is 0 Å². The van der Waals surface area contributed by atoms with E-state index in [1.807, 2.05) is 0 Å². The van der Waals surface area contributed by atoms with Crippen LogP contribution in [0.3, 0.4) is 0 Å². The Morgan fingerprint density at radius 3 is 2.39 bits per heavy atom. The monoisotopic (exact) mass is 390 g/mol. The van der Waals surface area contributed by atoms with Gasteiger partial charge >= 0.3 is 11.9 Å². The van der Waals surface area contributed by atoms with Crippen molar-refractivity contribution in [2.45, 2.75) is 91.0 Å². The minimum absolute atomic E-state index is 0.0268. The van der Waals surface area contributed by atoms with Crippen molar-refractivity contribution in [2.75, 3.05) is 0 Å². The largest absolute Gasteiger partial charge is 0.462 e. The lowest BCUT2D eigenvalue weighted by Gasteiger charge is -2.58. The van der Waals surface area contributed by atoms with Crippen LogP contribution < -0.4 is 0 Å². The van der Waals surface area contributed by atoms with E-state index in [2.05, 4.69) is 19.9 Å². The van der Waals surface area contributed by atoms with Crippen molar-refractivity contribution in [3.63, 3.8) is 0 Å². The Labute approximate surface area is 167 Å². The highest BCUT2D eigenvalue weighted by Crippen LogP contribution is 2.65. The van der Waals surface area contributed by atoms with Crippen molar-refractivity contribution >= 4 is 11.9 Å². The van der Waals surface area contributed by atoms with Gasteiger partial charge in [0.1, 0.15) is 12.2 Å². The summed E-state index contributed by atoms with van der Waals surface area (Å²) in [5.41, 5.74) is 1.31. The molecule has 0 heterocycles. The van der Waals surface area contributed by atoms with Crippen LogP contribution in [0, 0.1) is 28.6 Å². The zero-order valence-corrected chi connectivity index (χ0v) is 17.6. The zero-order chi connectivity index (χ0) is 20.3. The highest BCUT2D eigenvalue weighted by molar-refractivity contribution is 5.66. The first kappa shape index (κ1) is 19.9. The molecular formula is C23H34O5. The van der Waals surface area contributed by atoms with E-state index in [0.29, 0.717) is 11.8 Å². The van der Waals surface area contributed by atoms with E-state index in [1.54, 1.807) is 0 Å². The highest BCUT2D eigenvalue weighted by atomic mass is 16.5. The van der Waals surface area contributed by atoms with E-state index in [4.69, 9.17) is 9.47 Å². The lowest BCUT2D eigenvalue weighted by atomic mass is 9.47. The van der Waals surface area contributed by atoms with E-state index in [0.717, 1.165) is 44.9 Å². The van der Waals surface area contributed by atoms with Crippen LogP contribution in [0.15, 0.2) is 11.6 Å². The molecule has 156 valence electrons. The molecule has 8 atom stereocenters. The Bertz CT molecular complexity index is 699. The smallest absolute Gasteiger partial charge is 0.302 e. The number of hydrogen-bond acceptors (Lipinski definition) is 5. The van der Waals surface area contributed by atoms with E-state index in [9.17, 15) is 14.7 Å². The third kappa shape index (κ3) is 3.01. The van der Waals surface area contributed by atoms with Gasteiger partial charge in [-0.2, -0.15) is 0 Å². The molecule has 0 spiro atoms. The number of ether oxygens (including phenoxy) is 2. The summed E-state index contributed by atoms with van der Waals surface area (Å²) < 4.78 is 11.2. The van der Waals surface area contributed by atoms with E-state index < -0.39 is 6.10 Å². The number of carbonyl (C=O) groups excluding carboxylic acids is 2. The Kier molecular flexibility index (Phi) is 4.88. The fourth-order valence-corrected chi connectivity index (χ4v) is 7.30. The molecular weight excluding hydrogens is 356 g/mol. The van der Waals surface area contributed by atoms with Gasteiger partial charge in [0.25, 0.3) is 0 Å². The zero-order valence-electron chi connectivity index (χ0n) is 17.6. The second-order valence-corrected chi connectivity index (χ2v) is 10.1. The maximum absolute atomic E-state index is 11.6. The second-order valence-electron chi connectivity index (χ2n) is 10.1. The standard InChI is InChI=1S/C23H34O5/c1-13(24)27-16-7-9-22(3)15(11-16)12-19(26)21-17-5-6-20(28-14(2)25)23(17,4)10-8-18(21)22/h12,16-21,26H,5-11H2,1-4H3/t16-,17-,18-,19+,20-,21-,22-,23-/m0/s1. The van der Waals surface area contributed by atoms with Crippen molar-refractivity contribution in [1.29, 1.82) is 0 Å². The number of aliphatic hydroxyl groups is 1. The molecule has 4 aliphatic rings. The highest BCUT2D eigenvalue weighted by Gasteiger charge is 2.61. The summed E-state index contributed by atoms with van der Waals surface area (Å²) in [5.74, 6) is 0.621. The van der Waals surface area contributed by atoms with Crippen molar-refractivity contribution in [2.24, 2.45) is 28.6 Å². The molecule has 0 aromatic heterocycles. The molecule has 0 unspecified atom stereocenters. The fraction of sp³-hybridized carbons (Fsp3) is 0.826. The van der Waals surface area contributed by atoms with E-state index in [-0.39, 0.29) is 40.9 Å².